The molecule has 2 aromatic rings. The summed E-state index contributed by atoms with van der Waals surface area (Å²) >= 11 is 0. The molecule has 0 radical (unpaired) electrons. The first-order valence-electron chi connectivity index (χ1n) is 9.51. The summed E-state index contributed by atoms with van der Waals surface area (Å²) in [6.45, 7) is 9.87. The topological polar surface area (TPSA) is 43.1 Å². The van der Waals surface area contributed by atoms with E-state index in [2.05, 4.69) is 34.7 Å². The van der Waals surface area contributed by atoms with Crippen LogP contribution in [0.3, 0.4) is 0 Å². The maximum absolute atomic E-state index is 12.9. The van der Waals surface area contributed by atoms with Crippen molar-refractivity contribution < 1.29 is 9.28 Å². The predicted molar refractivity (Wildman–Crippen MR) is 124 cm³/mol. The van der Waals surface area contributed by atoms with Crippen molar-refractivity contribution in [3.05, 3.63) is 71.8 Å². The summed E-state index contributed by atoms with van der Waals surface area (Å²) in [5, 5.41) is 0. The number of quaternary nitrogens is 1. The monoisotopic (exact) mass is 481 g/mol. The molecule has 3 nitrogen and oxygen atoms in total. The van der Waals surface area contributed by atoms with Crippen LogP contribution < -0.4 is 5.73 Å². The largest absolute Gasteiger partial charge is 0.369 e. The second-order valence-corrected chi connectivity index (χ2v) is 8.01. The number of carbonyl (C=O) groups excluding carboxylic acids is 1. The fourth-order valence-corrected chi connectivity index (χ4v) is 3.83. The Kier molecular flexibility index (Phi) is 8.48. The summed E-state index contributed by atoms with van der Waals surface area (Å²) in [4.78, 5) is 12.9. The SMILES string of the molecule is CC(C)[N+](C)(CCC(C(N)=O)(c1ccccc1)c1ccccc1)C(C)C.I. The van der Waals surface area contributed by atoms with Crippen LogP contribution in [-0.4, -0.2) is 36.1 Å². The van der Waals surface area contributed by atoms with E-state index in [4.69, 9.17) is 5.73 Å². The summed E-state index contributed by atoms with van der Waals surface area (Å²) in [5.74, 6) is -0.283. The number of carbonyl (C=O) groups is 1. The van der Waals surface area contributed by atoms with Gasteiger partial charge < -0.3 is 10.2 Å². The van der Waals surface area contributed by atoms with Gasteiger partial charge in [0.05, 0.1) is 25.7 Å². The van der Waals surface area contributed by atoms with Gasteiger partial charge in [-0.1, -0.05) is 60.7 Å². The Balaban J connectivity index is 0.00000364. The number of benzene rings is 2. The number of nitrogens with two attached hydrogens (primary N) is 1. The van der Waals surface area contributed by atoms with Crippen molar-refractivity contribution in [2.45, 2.75) is 51.6 Å². The van der Waals surface area contributed by atoms with E-state index >= 15 is 0 Å². The van der Waals surface area contributed by atoms with Gasteiger partial charge in [0.2, 0.25) is 5.91 Å². The first-order valence-corrected chi connectivity index (χ1v) is 9.51. The zero-order valence-corrected chi connectivity index (χ0v) is 19.5. The molecule has 2 N–H and O–H groups in total. The molecule has 0 fully saturated rings. The molecule has 0 atom stereocenters. The average molecular weight is 481 g/mol. The minimum absolute atomic E-state index is 0. The normalized spacial score (nSPS) is 12.1. The summed E-state index contributed by atoms with van der Waals surface area (Å²) in [7, 11) is 2.27. The molecule has 0 bridgehead atoms. The van der Waals surface area contributed by atoms with Crippen LogP contribution in [0.5, 0.6) is 0 Å². The molecule has 0 spiro atoms. The maximum atomic E-state index is 12.9. The van der Waals surface area contributed by atoms with Crippen molar-refractivity contribution in [2.24, 2.45) is 5.73 Å². The molecular weight excluding hydrogens is 447 g/mol. The molecule has 2 aromatic carbocycles. The molecule has 148 valence electrons. The zero-order valence-electron chi connectivity index (χ0n) is 17.2. The van der Waals surface area contributed by atoms with Gasteiger partial charge in [0.15, 0.2) is 0 Å². The number of hydrogen-bond acceptors (Lipinski definition) is 1. The van der Waals surface area contributed by atoms with Crippen molar-refractivity contribution in [3.8, 4) is 0 Å². The van der Waals surface area contributed by atoms with E-state index in [9.17, 15) is 4.79 Å². The van der Waals surface area contributed by atoms with E-state index in [0.717, 1.165) is 22.2 Å². The van der Waals surface area contributed by atoms with Gasteiger partial charge in [0.1, 0.15) is 5.41 Å². The van der Waals surface area contributed by atoms with E-state index in [1.54, 1.807) is 0 Å². The first kappa shape index (κ1) is 23.6. The Morgan fingerprint density at radius 2 is 1.26 bits per heavy atom. The van der Waals surface area contributed by atoms with Gasteiger partial charge in [-0.3, -0.25) is 4.79 Å². The van der Waals surface area contributed by atoms with Crippen molar-refractivity contribution in [2.75, 3.05) is 13.6 Å². The highest BCUT2D eigenvalue weighted by atomic mass is 127. The molecule has 1 amide bonds. The lowest BCUT2D eigenvalue weighted by Gasteiger charge is -2.45. The van der Waals surface area contributed by atoms with E-state index in [1.165, 1.54) is 0 Å². The maximum Gasteiger partial charge on any atom is 0.232 e. The molecule has 0 aliphatic heterocycles. The molecule has 4 heteroatoms. The number of nitrogens with zero attached hydrogens (tertiary/aromatic N) is 1. The summed E-state index contributed by atoms with van der Waals surface area (Å²) in [5.41, 5.74) is 7.20. The van der Waals surface area contributed by atoms with E-state index in [1.807, 2.05) is 60.7 Å². The Morgan fingerprint density at radius 1 is 0.889 bits per heavy atom. The zero-order chi connectivity index (χ0) is 19.4. The Hall–Kier alpha value is -1.40. The third kappa shape index (κ3) is 4.72. The number of hydrogen-bond donors (Lipinski definition) is 1. The molecule has 0 saturated heterocycles. The second kappa shape index (κ2) is 9.69. The van der Waals surface area contributed by atoms with Crippen LogP contribution in [0.25, 0.3) is 0 Å². The fourth-order valence-electron chi connectivity index (χ4n) is 3.83. The van der Waals surface area contributed by atoms with Gasteiger partial charge in [0, 0.05) is 6.42 Å². The molecule has 27 heavy (non-hydrogen) atoms. The van der Waals surface area contributed by atoms with Crippen LogP contribution in [0.15, 0.2) is 60.7 Å². The van der Waals surface area contributed by atoms with Crippen LogP contribution in [0.2, 0.25) is 0 Å². The lowest BCUT2D eigenvalue weighted by Crippen LogP contribution is -2.57. The van der Waals surface area contributed by atoms with Crippen molar-refractivity contribution in [1.82, 2.24) is 0 Å². The number of halogens is 1. The van der Waals surface area contributed by atoms with Crippen molar-refractivity contribution in [1.29, 1.82) is 0 Å². The highest BCUT2D eigenvalue weighted by Crippen LogP contribution is 2.37. The highest BCUT2D eigenvalue weighted by Gasteiger charge is 2.43. The number of amides is 1. The summed E-state index contributed by atoms with van der Waals surface area (Å²) in [6.07, 6.45) is 0.684. The average Bonchev–Trinajstić information content (AvgIpc) is 2.63. The number of primary amides is 1. The molecule has 0 aliphatic carbocycles. The Labute approximate surface area is 181 Å². The Morgan fingerprint density at radius 3 is 1.56 bits per heavy atom. The van der Waals surface area contributed by atoms with Crippen LogP contribution in [0.1, 0.15) is 45.2 Å². The third-order valence-corrected chi connectivity index (χ3v) is 6.28. The molecule has 0 aliphatic rings. The first-order chi connectivity index (χ1) is 12.2. The van der Waals surface area contributed by atoms with Gasteiger partial charge >= 0.3 is 0 Å². The molecule has 2 rings (SSSR count). The standard InChI is InChI=1S/C23H32N2O.HI/c1-18(2)25(5,19(3)4)17-16-23(22(24)26,20-12-8-6-9-13-20)21-14-10-7-11-15-21;/h6-15,18-19H,16-17H2,1-5H3,(H-,24,26);1H/p+1. The quantitative estimate of drug-likeness (QED) is 0.430. The third-order valence-electron chi connectivity index (χ3n) is 6.28. The van der Waals surface area contributed by atoms with E-state index < -0.39 is 5.41 Å². The smallest absolute Gasteiger partial charge is 0.232 e. The van der Waals surface area contributed by atoms with Crippen molar-refractivity contribution in [3.63, 3.8) is 0 Å². The molecule has 0 saturated carbocycles. The number of rotatable bonds is 8. The lowest BCUT2D eigenvalue weighted by atomic mass is 9.71. The predicted octanol–water partition coefficient (Wildman–Crippen LogP) is 4.73. The molecule has 0 unspecified atom stereocenters. The van der Waals surface area contributed by atoms with Gasteiger partial charge in [-0.15, -0.1) is 24.0 Å². The van der Waals surface area contributed by atoms with Gasteiger partial charge in [-0.05, 0) is 38.8 Å². The van der Waals surface area contributed by atoms with Crippen LogP contribution >= 0.6 is 24.0 Å². The van der Waals surface area contributed by atoms with Gasteiger partial charge in [-0.25, -0.2) is 0 Å². The lowest BCUT2D eigenvalue weighted by molar-refractivity contribution is -0.949. The summed E-state index contributed by atoms with van der Waals surface area (Å²) < 4.78 is 0.898. The van der Waals surface area contributed by atoms with Crippen LogP contribution in [0.4, 0.5) is 0 Å². The second-order valence-electron chi connectivity index (χ2n) is 8.01. The van der Waals surface area contributed by atoms with Crippen LogP contribution in [-0.2, 0) is 10.2 Å². The van der Waals surface area contributed by atoms with Gasteiger partial charge in [-0.2, -0.15) is 0 Å². The van der Waals surface area contributed by atoms with Gasteiger partial charge in [0.25, 0.3) is 0 Å². The minimum Gasteiger partial charge on any atom is -0.369 e. The molecule has 0 aromatic heterocycles. The highest BCUT2D eigenvalue weighted by molar-refractivity contribution is 14.0. The summed E-state index contributed by atoms with van der Waals surface area (Å²) in [6, 6.07) is 20.9. The molecular formula is C23H34IN2O+. The minimum atomic E-state index is -0.814. The van der Waals surface area contributed by atoms with E-state index in [0.29, 0.717) is 18.5 Å². The van der Waals surface area contributed by atoms with E-state index in [-0.39, 0.29) is 29.9 Å². The fraction of sp³-hybridized carbons (Fsp3) is 0.435. The van der Waals surface area contributed by atoms with Crippen LogP contribution in [0, 0.1) is 0 Å². The van der Waals surface area contributed by atoms with Crippen molar-refractivity contribution >= 4 is 29.9 Å². The molecule has 0 heterocycles. The Bertz CT molecular complexity index is 666.